The van der Waals surface area contributed by atoms with Crippen molar-refractivity contribution in [2.45, 2.75) is 6.04 Å². The van der Waals surface area contributed by atoms with E-state index in [1.54, 1.807) is 18.2 Å². The molecule has 0 saturated heterocycles. The van der Waals surface area contributed by atoms with Crippen molar-refractivity contribution in [1.29, 1.82) is 0 Å². The van der Waals surface area contributed by atoms with Gasteiger partial charge in [-0.3, -0.25) is 0 Å². The maximum Gasteiger partial charge on any atom is 0.323 e. The second-order valence-corrected chi connectivity index (χ2v) is 6.45. The van der Waals surface area contributed by atoms with Crippen molar-refractivity contribution < 1.29 is 4.39 Å². The summed E-state index contributed by atoms with van der Waals surface area (Å²) < 4.78 is 14.9. The van der Waals surface area contributed by atoms with E-state index in [4.69, 9.17) is 5.73 Å². The molecule has 2 aromatic carbocycles. The molecule has 1 aromatic heterocycles. The lowest BCUT2D eigenvalue weighted by Gasteiger charge is -2.15. The number of benzene rings is 2. The molecule has 4 nitrogen and oxygen atoms in total. The molecular weight excluding hydrogens is 405 g/mol. The first-order chi connectivity index (χ1) is 9.94. The molecule has 3 rings (SSSR count). The van der Waals surface area contributed by atoms with E-state index in [0.717, 1.165) is 10.0 Å². The zero-order chi connectivity index (χ0) is 15.1. The van der Waals surface area contributed by atoms with Gasteiger partial charge in [0.05, 0.1) is 17.1 Å². The summed E-state index contributed by atoms with van der Waals surface area (Å²) in [7, 11) is 0. The number of aromatic nitrogens is 2. The molecule has 0 amide bonds. The van der Waals surface area contributed by atoms with E-state index in [9.17, 15) is 9.18 Å². The zero-order valence-electron chi connectivity index (χ0n) is 10.6. The Labute approximate surface area is 135 Å². The van der Waals surface area contributed by atoms with E-state index in [1.807, 2.05) is 0 Å². The molecule has 0 radical (unpaired) electrons. The van der Waals surface area contributed by atoms with Crippen LogP contribution in [0.4, 0.5) is 4.39 Å². The maximum absolute atomic E-state index is 13.5. The number of fused-ring (bicyclic) bond motifs is 1. The highest BCUT2D eigenvalue weighted by Gasteiger charge is 2.15. The third kappa shape index (κ3) is 2.81. The number of rotatable bonds is 2. The van der Waals surface area contributed by atoms with E-state index in [-0.39, 0.29) is 11.5 Å². The van der Waals surface area contributed by atoms with Crippen LogP contribution < -0.4 is 11.4 Å². The molecule has 0 aliphatic rings. The van der Waals surface area contributed by atoms with Gasteiger partial charge in [0.2, 0.25) is 0 Å². The predicted molar refractivity (Wildman–Crippen MR) is 86.7 cm³/mol. The molecular formula is C14H10Br2FN3O. The van der Waals surface area contributed by atoms with Crippen molar-refractivity contribution >= 4 is 42.9 Å². The Morgan fingerprint density at radius 2 is 1.71 bits per heavy atom. The number of imidazole rings is 1. The zero-order valence-corrected chi connectivity index (χ0v) is 13.8. The van der Waals surface area contributed by atoms with Crippen LogP contribution in [0, 0.1) is 5.82 Å². The first kappa shape index (κ1) is 14.5. The topological polar surface area (TPSA) is 74.7 Å². The number of nitrogens with one attached hydrogen (secondary N) is 2. The van der Waals surface area contributed by atoms with Crippen molar-refractivity contribution in [3.05, 3.63) is 66.7 Å². The molecule has 0 aliphatic carbocycles. The fourth-order valence-corrected chi connectivity index (χ4v) is 3.32. The smallest absolute Gasteiger partial charge is 0.320 e. The third-order valence-corrected chi connectivity index (χ3v) is 4.36. The summed E-state index contributed by atoms with van der Waals surface area (Å²) in [6.07, 6.45) is 0. The van der Waals surface area contributed by atoms with Crippen LogP contribution in [0.2, 0.25) is 0 Å². The van der Waals surface area contributed by atoms with Crippen molar-refractivity contribution in [3.8, 4) is 0 Å². The van der Waals surface area contributed by atoms with Gasteiger partial charge in [-0.15, -0.1) is 0 Å². The lowest BCUT2D eigenvalue weighted by atomic mass is 9.99. The summed E-state index contributed by atoms with van der Waals surface area (Å²) in [6, 6.07) is 7.57. The first-order valence-corrected chi connectivity index (χ1v) is 7.65. The second-order valence-electron chi connectivity index (χ2n) is 4.68. The Kier molecular flexibility index (Phi) is 3.73. The normalized spacial score (nSPS) is 12.8. The maximum atomic E-state index is 13.5. The molecule has 1 unspecified atom stereocenters. The minimum atomic E-state index is -0.519. The van der Waals surface area contributed by atoms with Crippen molar-refractivity contribution in [1.82, 2.24) is 9.97 Å². The number of hydrogen-bond donors (Lipinski definition) is 3. The molecule has 0 saturated carbocycles. The SMILES string of the molecule is NC(c1cc(F)cc(Br)c1)c1cc2[nH]c(=O)[nH]c2cc1Br. The number of halogens is 3. The van der Waals surface area contributed by atoms with E-state index in [2.05, 4.69) is 41.8 Å². The average molecular weight is 415 g/mol. The lowest BCUT2D eigenvalue weighted by molar-refractivity contribution is 0.622. The minimum absolute atomic E-state index is 0.281. The Bertz CT molecular complexity index is 867. The summed E-state index contributed by atoms with van der Waals surface area (Å²) in [5.41, 5.74) is 8.69. The summed E-state index contributed by atoms with van der Waals surface area (Å²) >= 11 is 6.70. The summed E-state index contributed by atoms with van der Waals surface area (Å²) in [6.45, 7) is 0. The van der Waals surface area contributed by atoms with Gasteiger partial charge in [-0.05, 0) is 41.5 Å². The summed E-state index contributed by atoms with van der Waals surface area (Å²) in [5.74, 6) is -0.359. The minimum Gasteiger partial charge on any atom is -0.320 e. The third-order valence-electron chi connectivity index (χ3n) is 3.21. The van der Waals surface area contributed by atoms with Gasteiger partial charge >= 0.3 is 5.69 Å². The van der Waals surface area contributed by atoms with E-state index in [1.165, 1.54) is 12.1 Å². The van der Waals surface area contributed by atoms with Crippen LogP contribution in [0.3, 0.4) is 0 Å². The van der Waals surface area contributed by atoms with E-state index in [0.29, 0.717) is 21.1 Å². The van der Waals surface area contributed by atoms with Gasteiger partial charge in [-0.2, -0.15) is 0 Å². The average Bonchev–Trinajstić information content (AvgIpc) is 2.75. The van der Waals surface area contributed by atoms with Crippen molar-refractivity contribution in [2.75, 3.05) is 0 Å². The summed E-state index contributed by atoms with van der Waals surface area (Å²) in [4.78, 5) is 16.7. The molecule has 0 aliphatic heterocycles. The predicted octanol–water partition coefficient (Wildman–Crippen LogP) is 3.57. The Hall–Kier alpha value is -1.44. The Morgan fingerprint density at radius 3 is 2.38 bits per heavy atom. The molecule has 3 aromatic rings. The highest BCUT2D eigenvalue weighted by Crippen LogP contribution is 2.31. The standard InChI is InChI=1S/C14H10Br2FN3O/c15-7-1-6(2-8(17)3-7)13(18)9-4-11-12(5-10(9)16)20-14(21)19-11/h1-5,13H,18H2,(H2,19,20,21). The monoisotopic (exact) mass is 413 g/mol. The van der Waals surface area contributed by atoms with E-state index >= 15 is 0 Å². The van der Waals surface area contributed by atoms with Gasteiger partial charge in [0.15, 0.2) is 0 Å². The van der Waals surface area contributed by atoms with Gasteiger partial charge in [-0.25, -0.2) is 9.18 Å². The molecule has 108 valence electrons. The van der Waals surface area contributed by atoms with Crippen LogP contribution in [0.1, 0.15) is 17.2 Å². The molecule has 1 heterocycles. The quantitative estimate of drug-likeness (QED) is 0.599. The number of hydrogen-bond acceptors (Lipinski definition) is 2. The molecule has 0 bridgehead atoms. The molecule has 7 heteroatoms. The molecule has 4 N–H and O–H groups in total. The van der Waals surface area contributed by atoms with Crippen LogP contribution >= 0.6 is 31.9 Å². The Morgan fingerprint density at radius 1 is 1.05 bits per heavy atom. The van der Waals surface area contributed by atoms with Crippen LogP contribution in [0.5, 0.6) is 0 Å². The van der Waals surface area contributed by atoms with Gasteiger partial charge < -0.3 is 15.7 Å². The van der Waals surface area contributed by atoms with Crippen LogP contribution in [-0.2, 0) is 0 Å². The fraction of sp³-hybridized carbons (Fsp3) is 0.0714. The van der Waals surface area contributed by atoms with Crippen molar-refractivity contribution in [2.24, 2.45) is 5.73 Å². The first-order valence-electron chi connectivity index (χ1n) is 6.07. The van der Waals surface area contributed by atoms with Gasteiger partial charge in [0.25, 0.3) is 0 Å². The number of nitrogens with two attached hydrogens (primary N) is 1. The van der Waals surface area contributed by atoms with Crippen molar-refractivity contribution in [3.63, 3.8) is 0 Å². The second kappa shape index (κ2) is 5.40. The van der Waals surface area contributed by atoms with Gasteiger partial charge in [0.1, 0.15) is 5.82 Å². The largest absolute Gasteiger partial charge is 0.323 e. The van der Waals surface area contributed by atoms with E-state index < -0.39 is 6.04 Å². The highest BCUT2D eigenvalue weighted by atomic mass is 79.9. The Balaban J connectivity index is 2.13. The lowest BCUT2D eigenvalue weighted by Crippen LogP contribution is -2.13. The van der Waals surface area contributed by atoms with Crippen LogP contribution in [0.15, 0.2) is 44.1 Å². The molecule has 1 atom stereocenters. The molecule has 0 spiro atoms. The van der Waals surface area contributed by atoms with Crippen LogP contribution in [0.25, 0.3) is 11.0 Å². The fourth-order valence-electron chi connectivity index (χ4n) is 2.25. The molecule has 0 fully saturated rings. The summed E-state index contributed by atoms with van der Waals surface area (Å²) in [5, 5.41) is 0. The van der Waals surface area contributed by atoms with Gasteiger partial charge in [0, 0.05) is 8.95 Å². The number of H-pyrrole nitrogens is 2. The highest BCUT2D eigenvalue weighted by molar-refractivity contribution is 9.10. The van der Waals surface area contributed by atoms with Gasteiger partial charge in [-0.1, -0.05) is 31.9 Å². The molecule has 21 heavy (non-hydrogen) atoms. The number of aromatic amines is 2. The van der Waals surface area contributed by atoms with Crippen LogP contribution in [-0.4, -0.2) is 9.97 Å².